The van der Waals surface area contributed by atoms with Crippen LogP contribution in [0, 0.1) is 0 Å². The van der Waals surface area contributed by atoms with Crippen molar-refractivity contribution < 1.29 is 4.79 Å². The van der Waals surface area contributed by atoms with Crippen molar-refractivity contribution in [2.45, 2.75) is 6.54 Å². The number of carbonyl (C=O) groups excluding carboxylic acids is 1. The van der Waals surface area contributed by atoms with E-state index in [0.29, 0.717) is 34.3 Å². The van der Waals surface area contributed by atoms with E-state index in [-0.39, 0.29) is 5.91 Å². The van der Waals surface area contributed by atoms with Crippen molar-refractivity contribution in [3.8, 4) is 0 Å². The van der Waals surface area contributed by atoms with Crippen LogP contribution in [0.2, 0.25) is 5.02 Å². The molecule has 4 rings (SSSR count). The summed E-state index contributed by atoms with van der Waals surface area (Å²) >= 11 is 5.87. The van der Waals surface area contributed by atoms with Crippen LogP contribution in [-0.4, -0.2) is 25.5 Å². The Morgan fingerprint density at radius 3 is 2.74 bits per heavy atom. The minimum Gasteiger partial charge on any atom is -0.366 e. The Labute approximate surface area is 160 Å². The van der Waals surface area contributed by atoms with Gasteiger partial charge < -0.3 is 10.6 Å². The molecule has 8 heteroatoms. The van der Waals surface area contributed by atoms with Crippen molar-refractivity contribution in [3.05, 3.63) is 83.4 Å². The number of fused-ring (bicyclic) bond motifs is 1. The molecule has 0 unspecified atom stereocenters. The molecule has 4 aromatic rings. The molecule has 1 amide bonds. The molecule has 0 fully saturated rings. The fourth-order valence-corrected chi connectivity index (χ4v) is 2.68. The molecular formula is C19H15ClN6O. The number of halogens is 1. The van der Waals surface area contributed by atoms with E-state index in [2.05, 4.69) is 25.7 Å². The van der Waals surface area contributed by atoms with Gasteiger partial charge in [-0.1, -0.05) is 17.7 Å². The van der Waals surface area contributed by atoms with Crippen LogP contribution in [-0.2, 0) is 6.54 Å². The summed E-state index contributed by atoms with van der Waals surface area (Å²) in [5.41, 5.74) is 2.54. The number of nitrogens with zero attached hydrogens (tertiary/aromatic N) is 4. The lowest BCUT2D eigenvalue weighted by Crippen LogP contribution is -2.12. The van der Waals surface area contributed by atoms with Crippen LogP contribution in [0.1, 0.15) is 15.9 Å². The van der Waals surface area contributed by atoms with Gasteiger partial charge >= 0.3 is 0 Å². The molecule has 27 heavy (non-hydrogen) atoms. The SMILES string of the molecule is O=C(Nc1ccc(Cl)cc1)c1cnn2ccc(NCc3cccnc3)nc12. The number of nitrogens with one attached hydrogen (secondary N) is 2. The van der Waals surface area contributed by atoms with Gasteiger partial charge in [-0.25, -0.2) is 9.50 Å². The Bertz CT molecular complexity index is 1080. The summed E-state index contributed by atoms with van der Waals surface area (Å²) in [7, 11) is 0. The summed E-state index contributed by atoms with van der Waals surface area (Å²) < 4.78 is 1.56. The second kappa shape index (κ2) is 7.43. The highest BCUT2D eigenvalue weighted by atomic mass is 35.5. The van der Waals surface area contributed by atoms with Crippen LogP contribution in [0.25, 0.3) is 5.65 Å². The lowest BCUT2D eigenvalue weighted by molar-refractivity contribution is 0.102. The maximum Gasteiger partial charge on any atom is 0.261 e. The topological polar surface area (TPSA) is 84.2 Å². The average Bonchev–Trinajstić information content (AvgIpc) is 3.12. The van der Waals surface area contributed by atoms with Crippen LogP contribution < -0.4 is 10.6 Å². The van der Waals surface area contributed by atoms with Gasteiger partial charge in [0.25, 0.3) is 5.91 Å². The van der Waals surface area contributed by atoms with Crippen LogP contribution in [0.4, 0.5) is 11.5 Å². The second-order valence-corrected chi connectivity index (χ2v) is 6.25. The van der Waals surface area contributed by atoms with E-state index >= 15 is 0 Å². The molecule has 0 radical (unpaired) electrons. The van der Waals surface area contributed by atoms with Gasteiger partial charge in [-0.3, -0.25) is 9.78 Å². The van der Waals surface area contributed by atoms with Crippen LogP contribution in [0.3, 0.4) is 0 Å². The largest absolute Gasteiger partial charge is 0.366 e. The van der Waals surface area contributed by atoms with Gasteiger partial charge in [0.2, 0.25) is 0 Å². The molecule has 2 N–H and O–H groups in total. The highest BCUT2D eigenvalue weighted by Gasteiger charge is 2.15. The molecule has 0 bridgehead atoms. The van der Waals surface area contributed by atoms with E-state index in [9.17, 15) is 4.79 Å². The summed E-state index contributed by atoms with van der Waals surface area (Å²) in [6.45, 7) is 0.581. The molecule has 0 saturated carbocycles. The monoisotopic (exact) mass is 378 g/mol. The van der Waals surface area contributed by atoms with Crippen LogP contribution in [0.15, 0.2) is 67.3 Å². The average molecular weight is 379 g/mol. The quantitative estimate of drug-likeness (QED) is 0.554. The fraction of sp³-hybridized carbons (Fsp3) is 0.0526. The van der Waals surface area contributed by atoms with Gasteiger partial charge in [-0.15, -0.1) is 0 Å². The zero-order valence-corrected chi connectivity index (χ0v) is 14.9. The van der Waals surface area contributed by atoms with Gasteiger partial charge in [0.15, 0.2) is 5.65 Å². The van der Waals surface area contributed by atoms with Crippen LogP contribution >= 0.6 is 11.6 Å². The molecule has 3 heterocycles. The fourth-order valence-electron chi connectivity index (χ4n) is 2.55. The van der Waals surface area contributed by atoms with E-state index in [1.54, 1.807) is 53.4 Å². The molecule has 0 aliphatic heterocycles. The van der Waals surface area contributed by atoms with E-state index in [1.165, 1.54) is 6.20 Å². The second-order valence-electron chi connectivity index (χ2n) is 5.82. The Morgan fingerprint density at radius 1 is 1.11 bits per heavy atom. The normalized spacial score (nSPS) is 10.7. The first-order chi connectivity index (χ1) is 13.2. The number of hydrogen-bond donors (Lipinski definition) is 2. The van der Waals surface area contributed by atoms with Crippen molar-refractivity contribution in [2.75, 3.05) is 10.6 Å². The zero-order valence-electron chi connectivity index (χ0n) is 14.1. The Kier molecular flexibility index (Phi) is 4.67. The van der Waals surface area contributed by atoms with E-state index in [1.807, 2.05) is 12.1 Å². The third-order valence-electron chi connectivity index (χ3n) is 3.91. The molecule has 134 valence electrons. The van der Waals surface area contributed by atoms with Gasteiger partial charge in [0.05, 0.1) is 6.20 Å². The molecule has 7 nitrogen and oxygen atoms in total. The van der Waals surface area contributed by atoms with Gasteiger partial charge in [0.1, 0.15) is 11.4 Å². The number of amides is 1. The predicted molar refractivity (Wildman–Crippen MR) is 104 cm³/mol. The highest BCUT2D eigenvalue weighted by Crippen LogP contribution is 2.17. The van der Waals surface area contributed by atoms with Crippen molar-refractivity contribution in [1.82, 2.24) is 19.6 Å². The van der Waals surface area contributed by atoms with Crippen molar-refractivity contribution >= 4 is 34.7 Å². The van der Waals surface area contributed by atoms with Gasteiger partial charge in [0, 0.05) is 35.8 Å². The number of aromatic nitrogens is 4. The molecule has 3 aromatic heterocycles. The Balaban J connectivity index is 1.54. The summed E-state index contributed by atoms with van der Waals surface area (Å²) in [6, 6.07) is 12.6. The van der Waals surface area contributed by atoms with Crippen molar-refractivity contribution in [2.24, 2.45) is 0 Å². The number of pyridine rings is 1. The first-order valence-electron chi connectivity index (χ1n) is 8.23. The molecule has 1 aromatic carbocycles. The first-order valence-corrected chi connectivity index (χ1v) is 8.61. The predicted octanol–water partition coefficient (Wildman–Crippen LogP) is 3.64. The smallest absolute Gasteiger partial charge is 0.261 e. The van der Waals surface area contributed by atoms with Gasteiger partial charge in [-0.05, 0) is 42.0 Å². The van der Waals surface area contributed by atoms with Gasteiger partial charge in [-0.2, -0.15) is 5.10 Å². The maximum absolute atomic E-state index is 12.6. The molecule has 0 aliphatic carbocycles. The van der Waals surface area contributed by atoms with E-state index < -0.39 is 0 Å². The van der Waals surface area contributed by atoms with Crippen LogP contribution in [0.5, 0.6) is 0 Å². The number of rotatable bonds is 5. The molecule has 0 atom stereocenters. The van der Waals surface area contributed by atoms with Crippen molar-refractivity contribution in [1.29, 1.82) is 0 Å². The first kappa shape index (κ1) is 17.0. The third-order valence-corrected chi connectivity index (χ3v) is 4.16. The zero-order chi connectivity index (χ0) is 18.6. The Morgan fingerprint density at radius 2 is 1.96 bits per heavy atom. The summed E-state index contributed by atoms with van der Waals surface area (Å²) in [5, 5.41) is 10.8. The minimum absolute atomic E-state index is 0.288. The summed E-state index contributed by atoms with van der Waals surface area (Å²) in [5.74, 6) is 0.358. The Hall–Kier alpha value is -3.45. The van der Waals surface area contributed by atoms with E-state index in [4.69, 9.17) is 11.6 Å². The summed E-state index contributed by atoms with van der Waals surface area (Å²) in [4.78, 5) is 21.2. The summed E-state index contributed by atoms with van der Waals surface area (Å²) in [6.07, 6.45) is 6.77. The number of anilines is 2. The lowest BCUT2D eigenvalue weighted by Gasteiger charge is -2.07. The molecule has 0 saturated heterocycles. The number of benzene rings is 1. The number of hydrogen-bond acceptors (Lipinski definition) is 5. The standard InChI is InChI=1S/C19H15ClN6O/c20-14-3-5-15(6-4-14)24-19(27)16-12-23-26-9-7-17(25-18(16)26)22-11-13-2-1-8-21-10-13/h1-10,12H,11H2,(H,22,25)(H,24,27). The highest BCUT2D eigenvalue weighted by molar-refractivity contribution is 6.30. The molecular weight excluding hydrogens is 364 g/mol. The molecule has 0 aliphatic rings. The van der Waals surface area contributed by atoms with E-state index in [0.717, 1.165) is 5.56 Å². The lowest BCUT2D eigenvalue weighted by atomic mass is 10.2. The third kappa shape index (κ3) is 3.88. The maximum atomic E-state index is 12.6. The minimum atomic E-state index is -0.288. The van der Waals surface area contributed by atoms with Crippen molar-refractivity contribution in [3.63, 3.8) is 0 Å². The molecule has 0 spiro atoms. The number of carbonyl (C=O) groups is 1.